The van der Waals surface area contributed by atoms with Crippen LogP contribution in [0.25, 0.3) is 11.1 Å². The van der Waals surface area contributed by atoms with Gasteiger partial charge in [0.2, 0.25) is 6.79 Å². The van der Waals surface area contributed by atoms with Crippen molar-refractivity contribution in [1.82, 2.24) is 10.2 Å². The van der Waals surface area contributed by atoms with Gasteiger partial charge in [-0.1, -0.05) is 6.07 Å². The molecule has 2 aromatic rings. The van der Waals surface area contributed by atoms with Crippen LogP contribution in [0.1, 0.15) is 18.5 Å². The number of nitrogen functional groups attached to an aromatic ring is 1. The molecule has 1 aromatic carbocycles. The van der Waals surface area contributed by atoms with Gasteiger partial charge in [-0.05, 0) is 42.9 Å². The summed E-state index contributed by atoms with van der Waals surface area (Å²) in [5, 5.41) is 7.21. The van der Waals surface area contributed by atoms with Gasteiger partial charge in [0.05, 0.1) is 0 Å². The number of nitrogens with one attached hydrogen (secondary N) is 1. The van der Waals surface area contributed by atoms with Gasteiger partial charge in [-0.25, -0.2) is 0 Å². The zero-order valence-electron chi connectivity index (χ0n) is 10.5. The number of anilines is 1. The number of aromatic amines is 1. The van der Waals surface area contributed by atoms with Crippen molar-refractivity contribution in [3.8, 4) is 22.6 Å². The smallest absolute Gasteiger partial charge is 0.231 e. The molecular weight excluding hydrogens is 242 g/mol. The Balaban J connectivity index is 1.76. The lowest BCUT2D eigenvalue weighted by Crippen LogP contribution is -1.93. The highest BCUT2D eigenvalue weighted by atomic mass is 16.7. The maximum Gasteiger partial charge on any atom is 0.231 e. The van der Waals surface area contributed by atoms with Crippen LogP contribution in [-0.2, 0) is 6.42 Å². The highest BCUT2D eigenvalue weighted by Crippen LogP contribution is 2.40. The second-order valence-corrected chi connectivity index (χ2v) is 5.18. The SMILES string of the molecule is Nc1n[nH]c(CC2CC2)c1-c1ccc2c(c1)OCO2. The quantitative estimate of drug-likeness (QED) is 0.885. The molecule has 1 aliphatic heterocycles. The number of nitrogens with two attached hydrogens (primary N) is 1. The van der Waals surface area contributed by atoms with E-state index < -0.39 is 0 Å². The van der Waals surface area contributed by atoms with Crippen LogP contribution in [0.2, 0.25) is 0 Å². The molecule has 2 heterocycles. The molecule has 1 aliphatic carbocycles. The van der Waals surface area contributed by atoms with Gasteiger partial charge >= 0.3 is 0 Å². The second kappa shape index (κ2) is 3.91. The summed E-state index contributed by atoms with van der Waals surface area (Å²) < 4.78 is 10.7. The molecule has 0 spiro atoms. The van der Waals surface area contributed by atoms with Crippen molar-refractivity contribution in [3.05, 3.63) is 23.9 Å². The van der Waals surface area contributed by atoms with Gasteiger partial charge in [-0.3, -0.25) is 5.10 Å². The van der Waals surface area contributed by atoms with Gasteiger partial charge in [0.15, 0.2) is 17.3 Å². The number of rotatable bonds is 3. The van der Waals surface area contributed by atoms with Crippen molar-refractivity contribution in [3.63, 3.8) is 0 Å². The summed E-state index contributed by atoms with van der Waals surface area (Å²) in [4.78, 5) is 0. The standard InChI is InChI=1S/C14H15N3O2/c15-14-13(10(16-17-14)5-8-1-2-8)9-3-4-11-12(6-9)19-7-18-11/h3-4,6,8H,1-2,5,7H2,(H3,15,16,17). The number of H-pyrrole nitrogens is 1. The molecule has 0 saturated heterocycles. The van der Waals surface area contributed by atoms with E-state index in [2.05, 4.69) is 10.2 Å². The lowest BCUT2D eigenvalue weighted by atomic mass is 10.0. The van der Waals surface area contributed by atoms with Crippen LogP contribution in [0, 0.1) is 5.92 Å². The third kappa shape index (κ3) is 1.82. The van der Waals surface area contributed by atoms with Crippen LogP contribution in [0.3, 0.4) is 0 Å². The van der Waals surface area contributed by atoms with Crippen LogP contribution >= 0.6 is 0 Å². The van der Waals surface area contributed by atoms with Gasteiger partial charge in [0, 0.05) is 11.3 Å². The maximum absolute atomic E-state index is 6.00. The van der Waals surface area contributed by atoms with E-state index in [1.165, 1.54) is 12.8 Å². The highest BCUT2D eigenvalue weighted by molar-refractivity contribution is 5.78. The zero-order valence-corrected chi connectivity index (χ0v) is 10.5. The van der Waals surface area contributed by atoms with Crippen molar-refractivity contribution in [2.75, 3.05) is 12.5 Å². The van der Waals surface area contributed by atoms with E-state index in [1.54, 1.807) is 0 Å². The Labute approximate surface area is 110 Å². The summed E-state index contributed by atoms with van der Waals surface area (Å²) >= 11 is 0. The molecule has 19 heavy (non-hydrogen) atoms. The Morgan fingerprint density at radius 1 is 1.26 bits per heavy atom. The van der Waals surface area contributed by atoms with E-state index in [1.807, 2.05) is 18.2 Å². The van der Waals surface area contributed by atoms with Gasteiger partial charge < -0.3 is 15.2 Å². The van der Waals surface area contributed by atoms with Gasteiger partial charge in [-0.2, -0.15) is 5.10 Å². The Morgan fingerprint density at radius 2 is 2.11 bits per heavy atom. The van der Waals surface area contributed by atoms with E-state index in [9.17, 15) is 0 Å². The summed E-state index contributed by atoms with van der Waals surface area (Å²) in [7, 11) is 0. The average Bonchev–Trinajstić information content (AvgIpc) is 2.97. The molecule has 98 valence electrons. The van der Waals surface area contributed by atoms with E-state index in [4.69, 9.17) is 15.2 Å². The monoisotopic (exact) mass is 257 g/mol. The van der Waals surface area contributed by atoms with Crippen LogP contribution in [0.15, 0.2) is 18.2 Å². The summed E-state index contributed by atoms with van der Waals surface area (Å²) in [6, 6.07) is 5.90. The fourth-order valence-electron chi connectivity index (χ4n) is 2.53. The lowest BCUT2D eigenvalue weighted by Gasteiger charge is -2.05. The molecule has 3 N–H and O–H groups in total. The first kappa shape index (κ1) is 10.7. The Kier molecular flexibility index (Phi) is 2.21. The molecule has 0 radical (unpaired) electrons. The molecular formula is C14H15N3O2. The van der Waals surface area contributed by atoms with Gasteiger partial charge in [0.1, 0.15) is 0 Å². The molecule has 4 rings (SSSR count). The van der Waals surface area contributed by atoms with Gasteiger partial charge in [-0.15, -0.1) is 0 Å². The predicted molar refractivity (Wildman–Crippen MR) is 71.0 cm³/mol. The van der Waals surface area contributed by atoms with Crippen LogP contribution in [0.5, 0.6) is 11.5 Å². The summed E-state index contributed by atoms with van der Waals surface area (Å²) in [5.41, 5.74) is 9.16. The summed E-state index contributed by atoms with van der Waals surface area (Å²) in [6.07, 6.45) is 3.63. The van der Waals surface area contributed by atoms with Crippen LogP contribution in [-0.4, -0.2) is 17.0 Å². The number of benzene rings is 1. The minimum Gasteiger partial charge on any atom is -0.454 e. The van der Waals surface area contributed by atoms with Crippen LogP contribution < -0.4 is 15.2 Å². The molecule has 5 nitrogen and oxygen atoms in total. The first-order valence-electron chi connectivity index (χ1n) is 6.54. The van der Waals surface area contributed by atoms with E-state index in [0.717, 1.165) is 40.7 Å². The largest absolute Gasteiger partial charge is 0.454 e. The fraction of sp³-hybridized carbons (Fsp3) is 0.357. The average molecular weight is 257 g/mol. The normalized spacial score (nSPS) is 16.8. The first-order chi connectivity index (χ1) is 9.31. The fourth-order valence-corrected chi connectivity index (χ4v) is 2.53. The highest BCUT2D eigenvalue weighted by Gasteiger charge is 2.25. The van der Waals surface area contributed by atoms with Crippen molar-refractivity contribution in [2.45, 2.75) is 19.3 Å². The number of hydrogen-bond donors (Lipinski definition) is 2. The molecule has 2 aliphatic rings. The third-order valence-corrected chi connectivity index (χ3v) is 3.72. The number of nitrogens with zero attached hydrogens (tertiary/aromatic N) is 1. The predicted octanol–water partition coefficient (Wildman–Crippen LogP) is 2.34. The molecule has 0 bridgehead atoms. The van der Waals surface area contributed by atoms with Crippen molar-refractivity contribution >= 4 is 5.82 Å². The Morgan fingerprint density at radius 3 is 2.95 bits per heavy atom. The molecule has 1 aromatic heterocycles. The third-order valence-electron chi connectivity index (χ3n) is 3.72. The van der Waals surface area contributed by atoms with E-state index >= 15 is 0 Å². The number of aromatic nitrogens is 2. The molecule has 5 heteroatoms. The summed E-state index contributed by atoms with van der Waals surface area (Å²) in [6.45, 7) is 0.286. The van der Waals surface area contributed by atoms with Crippen molar-refractivity contribution in [1.29, 1.82) is 0 Å². The molecule has 1 fully saturated rings. The molecule has 0 amide bonds. The Hall–Kier alpha value is -2.17. The minimum atomic E-state index is 0.286. The molecule has 0 unspecified atom stereocenters. The van der Waals surface area contributed by atoms with Crippen LogP contribution in [0.4, 0.5) is 5.82 Å². The number of fused-ring (bicyclic) bond motifs is 1. The Bertz CT molecular complexity index is 632. The second-order valence-electron chi connectivity index (χ2n) is 5.18. The first-order valence-corrected chi connectivity index (χ1v) is 6.54. The van der Waals surface area contributed by atoms with Crippen molar-refractivity contribution in [2.24, 2.45) is 5.92 Å². The minimum absolute atomic E-state index is 0.286. The topological polar surface area (TPSA) is 73.2 Å². The summed E-state index contributed by atoms with van der Waals surface area (Å²) in [5.74, 6) is 2.90. The van der Waals surface area contributed by atoms with Gasteiger partial charge in [0.25, 0.3) is 0 Å². The lowest BCUT2D eigenvalue weighted by molar-refractivity contribution is 0.174. The van der Waals surface area contributed by atoms with E-state index in [0.29, 0.717) is 5.82 Å². The van der Waals surface area contributed by atoms with Crippen molar-refractivity contribution < 1.29 is 9.47 Å². The maximum atomic E-state index is 6.00. The number of hydrogen-bond acceptors (Lipinski definition) is 4. The van der Waals surface area contributed by atoms with E-state index in [-0.39, 0.29) is 6.79 Å². The molecule has 0 atom stereocenters. The number of ether oxygens (including phenoxy) is 2. The zero-order chi connectivity index (χ0) is 12.8. The molecule has 1 saturated carbocycles.